The maximum Gasteiger partial charge on any atom is 0.510 e. The summed E-state index contributed by atoms with van der Waals surface area (Å²) in [5.41, 5.74) is 3.29. The highest BCUT2D eigenvalue weighted by molar-refractivity contribution is 8.00. The number of allylic oxidation sites excluding steroid dienone is 3. The van der Waals surface area contributed by atoms with Crippen molar-refractivity contribution in [3.63, 3.8) is 0 Å². The van der Waals surface area contributed by atoms with E-state index < -0.39 is 64.7 Å². The normalized spacial score (nSPS) is 27.1. The van der Waals surface area contributed by atoms with Crippen LogP contribution < -0.4 is 16.4 Å². The Balaban J connectivity index is 1.74. The van der Waals surface area contributed by atoms with Gasteiger partial charge in [-0.05, 0) is 60.0 Å². The number of rotatable bonds is 5. The van der Waals surface area contributed by atoms with E-state index in [0.29, 0.717) is 18.4 Å². The summed E-state index contributed by atoms with van der Waals surface area (Å²) in [5.74, 6) is -1.22. The average molecular weight is 541 g/mol. The van der Waals surface area contributed by atoms with E-state index in [0.717, 1.165) is 0 Å². The molecule has 206 valence electrons. The molecule has 3 rings (SSSR count). The molecule has 3 unspecified atom stereocenters. The molecule has 37 heavy (non-hydrogen) atoms. The van der Waals surface area contributed by atoms with E-state index in [-0.39, 0.29) is 5.75 Å². The molecule has 0 aromatic rings. The van der Waals surface area contributed by atoms with E-state index in [1.807, 2.05) is 12.2 Å². The lowest BCUT2D eigenvalue weighted by atomic mass is 9.91. The number of thioether (sulfide) groups is 1. The van der Waals surface area contributed by atoms with Gasteiger partial charge in [0.1, 0.15) is 28.7 Å². The van der Waals surface area contributed by atoms with Gasteiger partial charge in [0.15, 0.2) is 5.66 Å². The van der Waals surface area contributed by atoms with Gasteiger partial charge in [0.05, 0.1) is 0 Å². The van der Waals surface area contributed by atoms with Gasteiger partial charge in [0, 0.05) is 5.75 Å². The largest absolute Gasteiger partial charge is 0.510 e. The van der Waals surface area contributed by atoms with E-state index in [2.05, 4.69) is 10.6 Å². The number of aliphatic hydroxyl groups is 1. The van der Waals surface area contributed by atoms with Crippen molar-refractivity contribution >= 4 is 35.8 Å². The molecule has 3 amide bonds. The summed E-state index contributed by atoms with van der Waals surface area (Å²) < 4.78 is 15.7. The van der Waals surface area contributed by atoms with Crippen LogP contribution >= 0.6 is 11.8 Å². The van der Waals surface area contributed by atoms with E-state index in [9.17, 15) is 24.3 Å². The average Bonchev–Trinajstić information content (AvgIpc) is 2.76. The third kappa shape index (κ3) is 6.76. The van der Waals surface area contributed by atoms with E-state index in [4.69, 9.17) is 19.9 Å². The van der Waals surface area contributed by atoms with Crippen molar-refractivity contribution in [2.45, 2.75) is 95.0 Å². The summed E-state index contributed by atoms with van der Waals surface area (Å²) in [6.07, 6.45) is 1.99. The van der Waals surface area contributed by atoms with Crippen LogP contribution in [0.2, 0.25) is 0 Å². The van der Waals surface area contributed by atoms with Crippen LogP contribution in [0, 0.1) is 0 Å². The fourth-order valence-corrected chi connectivity index (χ4v) is 5.28. The van der Waals surface area contributed by atoms with Gasteiger partial charge in [-0.3, -0.25) is 25.5 Å². The smallest absolute Gasteiger partial charge is 0.444 e. The number of carbonyl (C=O) groups is 4. The number of carbonyl (C=O) groups excluding carboxylic acids is 4. The summed E-state index contributed by atoms with van der Waals surface area (Å²) in [5, 5.41) is 14.9. The Morgan fingerprint density at radius 2 is 1.76 bits per heavy atom. The number of β-lactam (4-membered cyclic amide) rings is 1. The molecule has 2 aliphatic heterocycles. The van der Waals surface area contributed by atoms with Crippen LogP contribution in [0.5, 0.6) is 0 Å². The van der Waals surface area contributed by atoms with Crippen LogP contribution in [0.25, 0.3) is 0 Å². The highest BCUT2D eigenvalue weighted by atomic mass is 32.2. The zero-order valence-corrected chi connectivity index (χ0v) is 22.7. The fourth-order valence-electron chi connectivity index (χ4n) is 3.96. The number of nitrogens with two attached hydrogens (primary N) is 1. The number of hydrogen-bond donors (Lipinski definition) is 4. The lowest BCUT2D eigenvalue weighted by Gasteiger charge is -2.53. The SMILES string of the molecule is CC(C)(C)OC(=O)NC(N)(C(=O)N[C@@H]1C(=O)N2C(OC(=O)OC(C)(C)C)C(O)CS[C@@H]12)C1=CCC=CC1. The Morgan fingerprint density at radius 1 is 1.11 bits per heavy atom. The Morgan fingerprint density at radius 3 is 2.32 bits per heavy atom. The third-order valence-corrected chi connectivity index (χ3v) is 6.96. The molecule has 13 heteroatoms. The topological polar surface area (TPSA) is 170 Å². The number of aliphatic hydroxyl groups excluding tert-OH is 1. The van der Waals surface area contributed by atoms with Crippen molar-refractivity contribution in [3.8, 4) is 0 Å². The molecular weight excluding hydrogens is 504 g/mol. The molecule has 0 aromatic heterocycles. The van der Waals surface area contributed by atoms with Gasteiger partial charge in [0.25, 0.3) is 11.8 Å². The third-order valence-electron chi connectivity index (χ3n) is 5.58. The first kappa shape index (κ1) is 28.8. The second-order valence-corrected chi connectivity index (χ2v) is 12.2. The van der Waals surface area contributed by atoms with Crippen LogP contribution in [0.4, 0.5) is 9.59 Å². The molecule has 12 nitrogen and oxygen atoms in total. The molecule has 0 radical (unpaired) electrons. The van der Waals surface area contributed by atoms with Crippen molar-refractivity contribution < 1.29 is 38.5 Å². The van der Waals surface area contributed by atoms with Crippen LogP contribution in [0.15, 0.2) is 23.8 Å². The van der Waals surface area contributed by atoms with Gasteiger partial charge in [-0.25, -0.2) is 9.59 Å². The van der Waals surface area contributed by atoms with Crippen LogP contribution in [0.1, 0.15) is 54.4 Å². The van der Waals surface area contributed by atoms with Gasteiger partial charge in [-0.15, -0.1) is 11.8 Å². The summed E-state index contributed by atoms with van der Waals surface area (Å²) in [6.45, 7) is 10.0. The molecule has 1 aliphatic carbocycles. The maximum absolute atomic E-state index is 13.5. The van der Waals surface area contributed by atoms with E-state index in [1.165, 1.54) is 16.7 Å². The molecule has 3 aliphatic rings. The number of nitrogens with zero attached hydrogens (tertiary/aromatic N) is 1. The zero-order chi connectivity index (χ0) is 27.8. The van der Waals surface area contributed by atoms with Gasteiger partial charge >= 0.3 is 12.2 Å². The highest BCUT2D eigenvalue weighted by Crippen LogP contribution is 2.39. The standard InChI is InChI=1S/C24H36N4O8S/c1-22(2,3)35-20(32)27-24(25,13-10-8-7-9-11-13)19(31)26-15-16(30)28-17(14(29)12-37-18(15)28)34-21(33)36-23(4,5)6/h7-8,11,14-15,17-18,29H,9-10,12,25H2,1-6H3,(H,26,31)(H,27,32)/t14?,15-,17?,18+,24?/m1/s1. The van der Waals surface area contributed by atoms with Crippen LogP contribution in [-0.2, 0) is 23.8 Å². The summed E-state index contributed by atoms with van der Waals surface area (Å²) in [6, 6.07) is -1.02. The minimum absolute atomic E-state index is 0.147. The Labute approximate surface area is 220 Å². The summed E-state index contributed by atoms with van der Waals surface area (Å²) in [4.78, 5) is 52.4. The predicted octanol–water partition coefficient (Wildman–Crippen LogP) is 1.48. The first-order valence-electron chi connectivity index (χ1n) is 12.0. The highest BCUT2D eigenvalue weighted by Gasteiger charge is 2.58. The quantitative estimate of drug-likeness (QED) is 0.173. The second-order valence-electron chi connectivity index (χ2n) is 11.0. The Hall–Kier alpha value is -2.77. The van der Waals surface area contributed by atoms with Crippen LogP contribution in [0.3, 0.4) is 0 Å². The Kier molecular flexibility index (Phi) is 8.20. The fraction of sp³-hybridized carbons (Fsp3) is 0.667. The number of fused-ring (bicyclic) bond motifs is 1. The second kappa shape index (κ2) is 10.5. The number of nitrogens with one attached hydrogen (secondary N) is 2. The molecule has 0 saturated carbocycles. The zero-order valence-electron chi connectivity index (χ0n) is 21.9. The summed E-state index contributed by atoms with van der Waals surface area (Å²) in [7, 11) is 0. The van der Waals surface area contributed by atoms with Crippen molar-refractivity contribution in [2.75, 3.05) is 5.75 Å². The minimum Gasteiger partial charge on any atom is -0.444 e. The molecule has 0 aromatic carbocycles. The van der Waals surface area contributed by atoms with Crippen molar-refractivity contribution in [1.82, 2.24) is 15.5 Å². The lowest BCUT2D eigenvalue weighted by Crippen LogP contribution is -2.78. The monoisotopic (exact) mass is 540 g/mol. The van der Waals surface area contributed by atoms with Crippen molar-refractivity contribution in [1.29, 1.82) is 0 Å². The molecule has 0 spiro atoms. The van der Waals surface area contributed by atoms with Gasteiger partial charge in [0.2, 0.25) is 6.23 Å². The van der Waals surface area contributed by atoms with Crippen molar-refractivity contribution in [3.05, 3.63) is 23.8 Å². The van der Waals surface area contributed by atoms with Gasteiger partial charge < -0.3 is 24.6 Å². The first-order valence-corrected chi connectivity index (χ1v) is 13.0. The van der Waals surface area contributed by atoms with Crippen LogP contribution in [-0.4, -0.2) is 80.4 Å². The van der Waals surface area contributed by atoms with Gasteiger partial charge in [-0.1, -0.05) is 18.2 Å². The molecule has 5 atom stereocenters. The number of alkyl carbamates (subject to hydrolysis) is 1. The summed E-state index contributed by atoms with van der Waals surface area (Å²) >= 11 is 1.22. The predicted molar refractivity (Wildman–Crippen MR) is 135 cm³/mol. The molecule has 2 heterocycles. The molecular formula is C24H36N4O8S. The molecule has 2 saturated heterocycles. The maximum atomic E-state index is 13.5. The van der Waals surface area contributed by atoms with Crippen molar-refractivity contribution in [2.24, 2.45) is 5.73 Å². The first-order chi connectivity index (χ1) is 17.0. The van der Waals surface area contributed by atoms with Gasteiger partial charge in [-0.2, -0.15) is 0 Å². The minimum atomic E-state index is -1.97. The molecule has 5 N–H and O–H groups in total. The molecule has 0 bridgehead atoms. The number of ether oxygens (including phenoxy) is 3. The number of hydrogen-bond acceptors (Lipinski definition) is 10. The van der Waals surface area contributed by atoms with E-state index in [1.54, 1.807) is 47.6 Å². The van der Waals surface area contributed by atoms with E-state index >= 15 is 0 Å². The molecule has 2 fully saturated rings. The lowest BCUT2D eigenvalue weighted by molar-refractivity contribution is -0.180. The Bertz CT molecular complexity index is 1000. The number of amides is 3.